The lowest BCUT2D eigenvalue weighted by atomic mass is 10.0. The van der Waals surface area contributed by atoms with E-state index >= 15 is 0 Å². The van der Waals surface area contributed by atoms with Crippen molar-refractivity contribution in [3.63, 3.8) is 0 Å². The molecule has 1 saturated heterocycles. The molecule has 0 radical (unpaired) electrons. The summed E-state index contributed by atoms with van der Waals surface area (Å²) in [5.41, 5.74) is 2.68. The molecule has 0 saturated carbocycles. The first-order valence-electron chi connectivity index (χ1n) is 8.57. The number of benzene rings is 2. The first-order valence-corrected chi connectivity index (χ1v) is 8.57. The van der Waals surface area contributed by atoms with Gasteiger partial charge < -0.3 is 10.2 Å². The van der Waals surface area contributed by atoms with Crippen molar-refractivity contribution < 1.29 is 14.0 Å². The van der Waals surface area contributed by atoms with E-state index < -0.39 is 11.9 Å². The number of piperazine rings is 1. The number of nitrogens with zero attached hydrogens (tertiary/aromatic N) is 2. The van der Waals surface area contributed by atoms with Gasteiger partial charge in [0, 0.05) is 24.8 Å². The van der Waals surface area contributed by atoms with E-state index in [4.69, 9.17) is 0 Å². The third-order valence-electron chi connectivity index (χ3n) is 4.58. The number of H-pyrrole nitrogens is 1. The number of amides is 2. The number of hydrogen-bond acceptors (Lipinski definition) is 3. The predicted molar refractivity (Wildman–Crippen MR) is 97.2 cm³/mol. The van der Waals surface area contributed by atoms with Crippen molar-refractivity contribution in [2.45, 2.75) is 6.04 Å². The average molecular weight is 364 g/mol. The number of aromatic amines is 1. The van der Waals surface area contributed by atoms with Crippen LogP contribution >= 0.6 is 0 Å². The van der Waals surface area contributed by atoms with Crippen molar-refractivity contribution in [2.24, 2.45) is 0 Å². The molecule has 1 aromatic heterocycles. The standard InChI is InChI=1S/C20H17FN4O2/c21-16-3-1-2-15(12-16)18-19(26)22-10-11-25(18)20(27)14-6-4-13(5-7-14)17-8-9-23-24-17/h1-9,12,18H,10-11H2,(H,22,26)(H,23,24)/t18-/m1/s1. The molecule has 2 amide bonds. The molecule has 4 rings (SSSR count). The average Bonchev–Trinajstić information content (AvgIpc) is 3.22. The maximum absolute atomic E-state index is 13.6. The van der Waals surface area contributed by atoms with Crippen LogP contribution < -0.4 is 5.32 Å². The first kappa shape index (κ1) is 17.0. The van der Waals surface area contributed by atoms with Crippen LogP contribution in [0.25, 0.3) is 11.3 Å². The number of nitrogens with one attached hydrogen (secondary N) is 2. The van der Waals surface area contributed by atoms with Gasteiger partial charge in [-0.3, -0.25) is 14.7 Å². The Morgan fingerprint density at radius 3 is 2.67 bits per heavy atom. The van der Waals surface area contributed by atoms with Crippen LogP contribution in [0.1, 0.15) is 22.0 Å². The molecule has 6 nitrogen and oxygen atoms in total. The Bertz CT molecular complexity index is 970. The Balaban J connectivity index is 1.63. The minimum Gasteiger partial charge on any atom is -0.352 e. The number of aromatic nitrogens is 2. The molecule has 0 bridgehead atoms. The molecule has 0 spiro atoms. The number of halogens is 1. The van der Waals surface area contributed by atoms with Crippen LogP contribution in [0, 0.1) is 5.82 Å². The van der Waals surface area contributed by atoms with Gasteiger partial charge in [-0.15, -0.1) is 0 Å². The second kappa shape index (κ2) is 7.03. The molecular formula is C20H17FN4O2. The van der Waals surface area contributed by atoms with E-state index in [0.29, 0.717) is 24.2 Å². The second-order valence-electron chi connectivity index (χ2n) is 6.29. The molecule has 1 aliphatic heterocycles. The SMILES string of the molecule is O=C1NCCN(C(=O)c2ccc(-c3ccn[nH]3)cc2)[C@@H]1c1cccc(F)c1. The summed E-state index contributed by atoms with van der Waals surface area (Å²) in [7, 11) is 0. The highest BCUT2D eigenvalue weighted by molar-refractivity contribution is 5.98. The third-order valence-corrected chi connectivity index (χ3v) is 4.58. The van der Waals surface area contributed by atoms with Gasteiger partial charge in [0.2, 0.25) is 5.91 Å². The Labute approximate surface area is 155 Å². The molecule has 136 valence electrons. The zero-order valence-electron chi connectivity index (χ0n) is 14.4. The van der Waals surface area contributed by atoms with Gasteiger partial charge in [-0.25, -0.2) is 4.39 Å². The van der Waals surface area contributed by atoms with E-state index in [2.05, 4.69) is 15.5 Å². The molecule has 1 fully saturated rings. The highest BCUT2D eigenvalue weighted by Crippen LogP contribution is 2.26. The molecule has 1 atom stereocenters. The van der Waals surface area contributed by atoms with Gasteiger partial charge >= 0.3 is 0 Å². The lowest BCUT2D eigenvalue weighted by molar-refractivity contribution is -0.128. The Morgan fingerprint density at radius 1 is 1.15 bits per heavy atom. The largest absolute Gasteiger partial charge is 0.352 e. The van der Waals surface area contributed by atoms with Crippen molar-refractivity contribution in [2.75, 3.05) is 13.1 Å². The summed E-state index contributed by atoms with van der Waals surface area (Å²) in [6.07, 6.45) is 1.66. The molecule has 2 heterocycles. The van der Waals surface area contributed by atoms with Crippen molar-refractivity contribution in [3.8, 4) is 11.3 Å². The van der Waals surface area contributed by atoms with Gasteiger partial charge in [0.1, 0.15) is 11.9 Å². The zero-order valence-corrected chi connectivity index (χ0v) is 14.4. The van der Waals surface area contributed by atoms with E-state index in [9.17, 15) is 14.0 Å². The second-order valence-corrected chi connectivity index (χ2v) is 6.29. The normalized spacial score (nSPS) is 16.9. The zero-order chi connectivity index (χ0) is 18.8. The van der Waals surface area contributed by atoms with Crippen molar-refractivity contribution in [1.29, 1.82) is 0 Å². The number of hydrogen-bond donors (Lipinski definition) is 2. The molecule has 3 aromatic rings. The van der Waals surface area contributed by atoms with E-state index in [-0.39, 0.29) is 11.8 Å². The summed E-state index contributed by atoms with van der Waals surface area (Å²) in [6.45, 7) is 0.719. The van der Waals surface area contributed by atoms with Crippen molar-refractivity contribution >= 4 is 11.8 Å². The van der Waals surface area contributed by atoms with Crippen molar-refractivity contribution in [3.05, 3.63) is 77.7 Å². The van der Waals surface area contributed by atoms with E-state index in [1.807, 2.05) is 18.2 Å². The van der Waals surface area contributed by atoms with E-state index in [0.717, 1.165) is 11.3 Å². The highest BCUT2D eigenvalue weighted by Gasteiger charge is 2.34. The Hall–Kier alpha value is -3.48. The monoisotopic (exact) mass is 364 g/mol. The van der Waals surface area contributed by atoms with Gasteiger partial charge in [0.15, 0.2) is 0 Å². The fraction of sp³-hybridized carbons (Fsp3) is 0.150. The lowest BCUT2D eigenvalue weighted by Crippen LogP contribution is -2.52. The summed E-state index contributed by atoms with van der Waals surface area (Å²) in [5.74, 6) is -1.02. The van der Waals surface area contributed by atoms with Gasteiger partial charge in [0.25, 0.3) is 5.91 Å². The quantitative estimate of drug-likeness (QED) is 0.750. The number of carbonyl (C=O) groups is 2. The Morgan fingerprint density at radius 2 is 1.96 bits per heavy atom. The molecule has 2 N–H and O–H groups in total. The topological polar surface area (TPSA) is 78.1 Å². The van der Waals surface area contributed by atoms with E-state index in [1.165, 1.54) is 23.1 Å². The maximum Gasteiger partial charge on any atom is 0.254 e. The van der Waals surface area contributed by atoms with Crippen molar-refractivity contribution in [1.82, 2.24) is 20.4 Å². The first-order chi connectivity index (χ1) is 13.1. The minimum absolute atomic E-state index is 0.268. The van der Waals surface area contributed by atoms with Gasteiger partial charge in [-0.05, 0) is 41.5 Å². The number of rotatable bonds is 3. The van der Waals surface area contributed by atoms with Gasteiger partial charge in [-0.1, -0.05) is 24.3 Å². The van der Waals surface area contributed by atoms with Crippen LogP contribution in [0.2, 0.25) is 0 Å². The minimum atomic E-state index is -0.853. The molecule has 2 aromatic carbocycles. The fourth-order valence-electron chi connectivity index (χ4n) is 3.27. The summed E-state index contributed by atoms with van der Waals surface area (Å²) in [4.78, 5) is 27.0. The molecule has 0 aliphatic carbocycles. The van der Waals surface area contributed by atoms with Crippen LogP contribution in [0.4, 0.5) is 4.39 Å². The predicted octanol–water partition coefficient (Wildman–Crippen LogP) is 2.53. The van der Waals surface area contributed by atoms with E-state index in [1.54, 1.807) is 24.4 Å². The van der Waals surface area contributed by atoms with Crippen LogP contribution in [0.3, 0.4) is 0 Å². The summed E-state index contributed by atoms with van der Waals surface area (Å²) >= 11 is 0. The summed E-state index contributed by atoms with van der Waals surface area (Å²) in [6, 6.07) is 13.8. The third kappa shape index (κ3) is 3.31. The van der Waals surface area contributed by atoms with Crippen LogP contribution in [-0.4, -0.2) is 40.0 Å². The van der Waals surface area contributed by atoms with Crippen LogP contribution in [-0.2, 0) is 4.79 Å². The van der Waals surface area contributed by atoms with Crippen LogP contribution in [0.5, 0.6) is 0 Å². The fourth-order valence-corrected chi connectivity index (χ4v) is 3.27. The summed E-state index contributed by atoms with van der Waals surface area (Å²) < 4.78 is 13.6. The van der Waals surface area contributed by atoms with Gasteiger partial charge in [0.05, 0.1) is 5.69 Å². The molecule has 7 heteroatoms. The molecule has 27 heavy (non-hydrogen) atoms. The molecular weight excluding hydrogens is 347 g/mol. The molecule has 1 aliphatic rings. The highest BCUT2D eigenvalue weighted by atomic mass is 19.1. The lowest BCUT2D eigenvalue weighted by Gasteiger charge is -2.35. The maximum atomic E-state index is 13.6. The van der Waals surface area contributed by atoms with Gasteiger partial charge in [-0.2, -0.15) is 5.10 Å². The smallest absolute Gasteiger partial charge is 0.254 e. The summed E-state index contributed by atoms with van der Waals surface area (Å²) in [5, 5.41) is 9.53. The Kier molecular flexibility index (Phi) is 4.42. The van der Waals surface area contributed by atoms with Crippen LogP contribution in [0.15, 0.2) is 60.8 Å². The number of carbonyl (C=O) groups excluding carboxylic acids is 2. The molecule has 0 unspecified atom stereocenters.